The summed E-state index contributed by atoms with van der Waals surface area (Å²) in [5, 5.41) is 17.7. The lowest BCUT2D eigenvalue weighted by molar-refractivity contribution is -0.0867. The molecule has 2 aliphatic heterocycles. The number of hydrogen-bond donors (Lipinski definition) is 2. The lowest BCUT2D eigenvalue weighted by Gasteiger charge is -2.46. The first kappa shape index (κ1) is 16.2. The van der Waals surface area contributed by atoms with Gasteiger partial charge in [-0.1, -0.05) is 12.1 Å². The van der Waals surface area contributed by atoms with Crippen LogP contribution >= 0.6 is 0 Å². The van der Waals surface area contributed by atoms with Gasteiger partial charge in [-0.25, -0.2) is 4.39 Å². The lowest BCUT2D eigenvalue weighted by atomic mass is 9.85. The average Bonchev–Trinajstić information content (AvgIpc) is 2.95. The highest BCUT2D eigenvalue weighted by molar-refractivity contribution is 5.95. The fraction of sp³-hybridized carbons (Fsp3) is 0.444. The molecule has 1 saturated heterocycles. The summed E-state index contributed by atoms with van der Waals surface area (Å²) >= 11 is 0. The zero-order valence-electron chi connectivity index (χ0n) is 14.1. The number of fused-ring (bicyclic) bond motifs is 1. The first-order chi connectivity index (χ1) is 11.9. The molecule has 1 fully saturated rings. The van der Waals surface area contributed by atoms with E-state index in [1.807, 2.05) is 13.8 Å². The summed E-state index contributed by atoms with van der Waals surface area (Å²) in [6, 6.07) is 5.86. The van der Waals surface area contributed by atoms with Crippen LogP contribution in [0.5, 0.6) is 0 Å². The number of rotatable bonds is 2. The second-order valence-electron chi connectivity index (χ2n) is 6.96. The van der Waals surface area contributed by atoms with Crippen molar-refractivity contribution in [3.05, 3.63) is 52.6 Å². The molecule has 2 aromatic rings. The third-order valence-corrected chi connectivity index (χ3v) is 4.99. The topological polar surface area (TPSA) is 78.5 Å². The van der Waals surface area contributed by atoms with Crippen molar-refractivity contribution in [3.8, 4) is 0 Å². The van der Waals surface area contributed by atoms with Gasteiger partial charge >= 0.3 is 0 Å². The molecule has 0 spiro atoms. The van der Waals surface area contributed by atoms with E-state index in [4.69, 9.17) is 4.74 Å². The Morgan fingerprint density at radius 2 is 2.20 bits per heavy atom. The molecule has 7 heteroatoms. The van der Waals surface area contributed by atoms with E-state index in [0.717, 1.165) is 11.3 Å². The zero-order chi connectivity index (χ0) is 17.8. The van der Waals surface area contributed by atoms with Crippen molar-refractivity contribution < 1.29 is 19.0 Å². The van der Waals surface area contributed by atoms with E-state index >= 15 is 0 Å². The molecule has 2 N–H and O–H groups in total. The Morgan fingerprint density at radius 1 is 1.44 bits per heavy atom. The van der Waals surface area contributed by atoms with Crippen LogP contribution in [0.1, 0.15) is 47.3 Å². The van der Waals surface area contributed by atoms with E-state index in [9.17, 15) is 14.3 Å². The maximum Gasteiger partial charge on any atom is 0.274 e. The van der Waals surface area contributed by atoms with Crippen LogP contribution in [0.4, 0.5) is 4.39 Å². The number of halogens is 1. The highest BCUT2D eigenvalue weighted by Gasteiger charge is 2.46. The molecule has 25 heavy (non-hydrogen) atoms. The Labute approximate surface area is 144 Å². The summed E-state index contributed by atoms with van der Waals surface area (Å²) in [6.07, 6.45) is 0.514. The summed E-state index contributed by atoms with van der Waals surface area (Å²) in [5.74, 6) is -0.625. The number of H-pyrrole nitrogens is 1. The third kappa shape index (κ3) is 2.63. The quantitative estimate of drug-likeness (QED) is 0.872. The molecule has 2 atom stereocenters. The van der Waals surface area contributed by atoms with Gasteiger partial charge in [0.15, 0.2) is 5.69 Å². The number of aromatic nitrogens is 2. The first-order valence-electron chi connectivity index (χ1n) is 8.38. The van der Waals surface area contributed by atoms with E-state index in [0.29, 0.717) is 17.7 Å². The van der Waals surface area contributed by atoms with Gasteiger partial charge in [-0.2, -0.15) is 5.10 Å². The number of nitrogens with zero attached hydrogens (tertiary/aromatic N) is 2. The van der Waals surface area contributed by atoms with Crippen molar-refractivity contribution in [3.63, 3.8) is 0 Å². The number of benzene rings is 1. The molecular weight excluding hydrogens is 325 g/mol. The van der Waals surface area contributed by atoms with Gasteiger partial charge in [0, 0.05) is 12.0 Å². The summed E-state index contributed by atoms with van der Waals surface area (Å²) < 4.78 is 19.1. The molecule has 0 saturated carbocycles. The predicted molar refractivity (Wildman–Crippen MR) is 87.5 cm³/mol. The number of nitrogens with one attached hydrogen (secondary N) is 1. The first-order valence-corrected chi connectivity index (χ1v) is 8.38. The number of likely N-dealkylation sites (tertiary alicyclic amines) is 1. The summed E-state index contributed by atoms with van der Waals surface area (Å²) in [5.41, 5.74) is 1.38. The monoisotopic (exact) mass is 345 g/mol. The average molecular weight is 345 g/mol. The van der Waals surface area contributed by atoms with E-state index in [-0.39, 0.29) is 31.2 Å². The molecule has 1 aromatic heterocycles. The largest absolute Gasteiger partial charge is 0.381 e. The Kier molecular flexibility index (Phi) is 3.66. The lowest BCUT2D eigenvalue weighted by Crippen LogP contribution is -2.61. The van der Waals surface area contributed by atoms with Crippen LogP contribution in [0.15, 0.2) is 24.3 Å². The number of β-amino-alcohol motifs (C(OH)–C–C–N with tert-alkyl or cyclic N) is 1. The van der Waals surface area contributed by atoms with Crippen LogP contribution in [-0.2, 0) is 16.8 Å². The second-order valence-corrected chi connectivity index (χ2v) is 6.96. The summed E-state index contributed by atoms with van der Waals surface area (Å²) in [4.78, 5) is 14.3. The minimum atomic E-state index is -1.21. The van der Waals surface area contributed by atoms with Crippen LogP contribution in [0.2, 0.25) is 0 Å². The van der Waals surface area contributed by atoms with E-state index in [1.54, 1.807) is 12.1 Å². The van der Waals surface area contributed by atoms with E-state index in [2.05, 4.69) is 10.2 Å². The smallest absolute Gasteiger partial charge is 0.274 e. The SMILES string of the molecule is C[C@@H]1Cc2c(C(=O)N3CC(O)(c4cccc(F)c4)C3)n[nH]c2[C@H](C)O1. The van der Waals surface area contributed by atoms with Gasteiger partial charge in [0.2, 0.25) is 0 Å². The van der Waals surface area contributed by atoms with E-state index < -0.39 is 11.4 Å². The number of ether oxygens (including phenoxy) is 1. The van der Waals surface area contributed by atoms with Gasteiger partial charge in [-0.15, -0.1) is 0 Å². The molecule has 6 nitrogen and oxygen atoms in total. The molecule has 4 rings (SSSR count). The predicted octanol–water partition coefficient (Wildman–Crippen LogP) is 1.91. The Hall–Kier alpha value is -2.25. The van der Waals surface area contributed by atoms with E-state index in [1.165, 1.54) is 17.0 Å². The molecule has 0 unspecified atom stereocenters. The second kappa shape index (κ2) is 5.64. The van der Waals surface area contributed by atoms with Crippen LogP contribution in [-0.4, -0.2) is 45.3 Å². The fourth-order valence-electron chi connectivity index (χ4n) is 3.69. The normalized spacial score (nSPS) is 24.6. The van der Waals surface area contributed by atoms with Gasteiger partial charge in [0.1, 0.15) is 11.4 Å². The summed E-state index contributed by atoms with van der Waals surface area (Å²) in [7, 11) is 0. The molecule has 132 valence electrons. The highest BCUT2D eigenvalue weighted by Crippen LogP contribution is 2.35. The maximum absolute atomic E-state index is 13.4. The minimum absolute atomic E-state index is 0.0206. The third-order valence-electron chi connectivity index (χ3n) is 4.99. The van der Waals surface area contributed by atoms with Crippen molar-refractivity contribution in [2.24, 2.45) is 0 Å². The van der Waals surface area contributed by atoms with Crippen molar-refractivity contribution in [2.75, 3.05) is 13.1 Å². The van der Waals surface area contributed by atoms with Crippen LogP contribution in [0.25, 0.3) is 0 Å². The van der Waals surface area contributed by atoms with Crippen molar-refractivity contribution in [2.45, 2.75) is 38.1 Å². The standard InChI is InChI=1S/C18H20FN3O3/c1-10-6-14-15(11(2)25-10)20-21-16(14)17(23)22-8-18(24,9-22)12-4-3-5-13(19)7-12/h3-5,7,10-11,24H,6,8-9H2,1-2H3,(H,20,21)/t10-,11+/m1/s1. The van der Waals surface area contributed by atoms with Gasteiger partial charge in [-0.3, -0.25) is 9.89 Å². The Bertz CT molecular complexity index is 829. The van der Waals surface area contributed by atoms with Crippen molar-refractivity contribution >= 4 is 5.91 Å². The number of amides is 1. The highest BCUT2D eigenvalue weighted by atomic mass is 19.1. The number of carbonyl (C=O) groups is 1. The van der Waals surface area contributed by atoms with Gasteiger partial charge in [0.25, 0.3) is 5.91 Å². The van der Waals surface area contributed by atoms with Gasteiger partial charge in [-0.05, 0) is 31.5 Å². The Balaban J connectivity index is 1.53. The van der Waals surface area contributed by atoms with Gasteiger partial charge in [0.05, 0.1) is 31.0 Å². The zero-order valence-corrected chi connectivity index (χ0v) is 14.1. The number of carbonyl (C=O) groups excluding carboxylic acids is 1. The maximum atomic E-state index is 13.4. The van der Waals surface area contributed by atoms with Crippen LogP contribution in [0.3, 0.4) is 0 Å². The van der Waals surface area contributed by atoms with Crippen molar-refractivity contribution in [1.29, 1.82) is 0 Å². The van der Waals surface area contributed by atoms with Gasteiger partial charge < -0.3 is 14.7 Å². The molecule has 2 aliphatic rings. The Morgan fingerprint density at radius 3 is 2.92 bits per heavy atom. The molecular formula is C18H20FN3O3. The van der Waals surface area contributed by atoms with Crippen molar-refractivity contribution in [1.82, 2.24) is 15.1 Å². The molecule has 1 aromatic carbocycles. The molecule has 0 radical (unpaired) electrons. The number of hydrogen-bond acceptors (Lipinski definition) is 4. The molecule has 0 bridgehead atoms. The fourth-order valence-corrected chi connectivity index (χ4v) is 3.69. The number of aromatic amines is 1. The number of aliphatic hydroxyl groups is 1. The molecule has 3 heterocycles. The molecule has 0 aliphatic carbocycles. The molecule has 1 amide bonds. The summed E-state index contributed by atoms with van der Waals surface area (Å²) in [6.45, 7) is 4.14. The van der Waals surface area contributed by atoms with Crippen LogP contribution in [0, 0.1) is 5.82 Å². The minimum Gasteiger partial charge on any atom is -0.381 e. The van der Waals surface area contributed by atoms with Crippen LogP contribution < -0.4 is 0 Å².